The van der Waals surface area contributed by atoms with Crippen LogP contribution in [0.3, 0.4) is 0 Å². The van der Waals surface area contributed by atoms with E-state index in [1.165, 1.54) is 94.2 Å². The molecule has 0 heterocycles. The first kappa shape index (κ1) is 51.0. The quantitative estimate of drug-likeness (QED) is 0.0891. The number of nitrogens with zero attached hydrogens (tertiary/aromatic N) is 2. The summed E-state index contributed by atoms with van der Waals surface area (Å²) >= 11 is 0. The molecule has 0 saturated heterocycles. The Morgan fingerprint density at radius 2 is 0.615 bits per heavy atom. The fraction of sp³-hybridized carbons (Fsp3) is 0.400. The molecule has 65 heavy (non-hydrogen) atoms. The van der Waals surface area contributed by atoms with Crippen molar-refractivity contribution in [3.05, 3.63) is 189 Å². The van der Waals surface area contributed by atoms with E-state index in [9.17, 15) is 0 Å². The molecule has 6 aromatic carbocycles. The average Bonchev–Trinajstić information content (AvgIpc) is 3.88. The van der Waals surface area contributed by atoms with Gasteiger partial charge in [-0.1, -0.05) is 191 Å². The molecule has 0 spiro atoms. The molecule has 5 heteroatoms. The van der Waals surface area contributed by atoms with Crippen LogP contribution in [0.4, 0.5) is 0 Å². The molecule has 2 saturated carbocycles. The first-order valence-electron chi connectivity index (χ1n) is 24.0. The first-order valence-corrected chi connectivity index (χ1v) is 26.8. The number of hydrogen-bond donors (Lipinski definition) is 0. The van der Waals surface area contributed by atoms with Gasteiger partial charge in [-0.25, -0.2) is 0 Å². The molecule has 6 atom stereocenters. The maximum Gasteiger partial charge on any atom is 0.0376 e. The largest absolute Gasteiger partial charge is 0.302 e. The summed E-state index contributed by atoms with van der Waals surface area (Å²) in [5.74, 6) is 1.33. The summed E-state index contributed by atoms with van der Waals surface area (Å²) < 4.78 is 0. The first-order chi connectivity index (χ1) is 30.7. The predicted octanol–water partition coefficient (Wildman–Crippen LogP) is 13.6. The molecule has 0 aromatic heterocycles. The number of benzene rings is 6. The standard InChI is InChI=1S/2C30H38NP.Fe/c2*1-21-15-22(2)18-26(17-21)32(27-19-23(3)16-24(4)20-27)29-14-10-13-28(29)30(31(5)6)25-11-8-7-9-12-25;/h2*7-9,11-12,15-20,28-30H,10,13-14H2,1-6H3;. The zero-order valence-corrected chi connectivity index (χ0v) is 44.4. The van der Waals surface area contributed by atoms with Gasteiger partial charge in [-0.15, -0.1) is 0 Å². The molecular formula is C60H76FeN2P2. The summed E-state index contributed by atoms with van der Waals surface area (Å²) in [6.45, 7) is 18.0. The van der Waals surface area contributed by atoms with Crippen LogP contribution in [0, 0.1) is 67.2 Å². The average molecular weight is 943 g/mol. The molecule has 8 rings (SSSR count). The minimum Gasteiger partial charge on any atom is -0.302 e. The summed E-state index contributed by atoms with van der Waals surface area (Å²) in [5.41, 5.74) is 15.4. The minimum atomic E-state index is -0.430. The van der Waals surface area contributed by atoms with Gasteiger partial charge in [-0.2, -0.15) is 0 Å². The van der Waals surface area contributed by atoms with Crippen LogP contribution in [0.2, 0.25) is 0 Å². The predicted molar refractivity (Wildman–Crippen MR) is 284 cm³/mol. The summed E-state index contributed by atoms with van der Waals surface area (Å²) in [4.78, 5) is 4.93. The Bertz CT molecular complexity index is 2110. The van der Waals surface area contributed by atoms with E-state index in [2.05, 4.69) is 227 Å². The van der Waals surface area contributed by atoms with E-state index < -0.39 is 15.8 Å². The van der Waals surface area contributed by atoms with Gasteiger partial charge in [0.15, 0.2) is 0 Å². The van der Waals surface area contributed by atoms with Crippen LogP contribution in [0.1, 0.15) is 106 Å². The van der Waals surface area contributed by atoms with Crippen LogP contribution in [-0.4, -0.2) is 49.3 Å². The van der Waals surface area contributed by atoms with Gasteiger partial charge in [0.25, 0.3) is 0 Å². The number of hydrogen-bond acceptors (Lipinski definition) is 2. The minimum absolute atomic E-state index is 0. The van der Waals surface area contributed by atoms with E-state index in [1.807, 2.05) is 0 Å². The van der Waals surface area contributed by atoms with Crippen molar-refractivity contribution in [1.82, 2.24) is 9.80 Å². The van der Waals surface area contributed by atoms with E-state index in [4.69, 9.17) is 0 Å². The number of aryl methyl sites for hydroxylation is 8. The Morgan fingerprint density at radius 3 is 0.846 bits per heavy atom. The summed E-state index contributed by atoms with van der Waals surface area (Å²) in [5, 5.41) is 6.24. The number of rotatable bonds is 12. The van der Waals surface area contributed by atoms with Gasteiger partial charge >= 0.3 is 0 Å². The summed E-state index contributed by atoms with van der Waals surface area (Å²) in [6, 6.07) is 52.4. The summed E-state index contributed by atoms with van der Waals surface area (Å²) in [7, 11) is 8.21. The molecule has 6 aromatic rings. The van der Waals surface area contributed by atoms with Gasteiger partial charge < -0.3 is 9.80 Å². The van der Waals surface area contributed by atoms with Gasteiger partial charge in [0.1, 0.15) is 0 Å². The van der Waals surface area contributed by atoms with Crippen molar-refractivity contribution < 1.29 is 17.1 Å². The normalized spacial score (nSPS) is 19.3. The van der Waals surface area contributed by atoms with E-state index in [0.717, 1.165) is 0 Å². The van der Waals surface area contributed by atoms with E-state index in [1.54, 1.807) is 21.2 Å². The van der Waals surface area contributed by atoms with Crippen LogP contribution in [0.25, 0.3) is 0 Å². The maximum atomic E-state index is 2.47. The smallest absolute Gasteiger partial charge is 0.0376 e. The zero-order chi connectivity index (χ0) is 45.7. The van der Waals surface area contributed by atoms with Crippen molar-refractivity contribution in [3.8, 4) is 0 Å². The molecule has 6 unspecified atom stereocenters. The second kappa shape index (κ2) is 23.1. The van der Waals surface area contributed by atoms with E-state index >= 15 is 0 Å². The van der Waals surface area contributed by atoms with Gasteiger partial charge in [-0.3, -0.25) is 0 Å². The van der Waals surface area contributed by atoms with Crippen molar-refractivity contribution in [2.75, 3.05) is 28.2 Å². The second-order valence-electron chi connectivity index (χ2n) is 20.1. The molecule has 2 nitrogen and oxygen atoms in total. The molecule has 0 aliphatic heterocycles. The topological polar surface area (TPSA) is 6.48 Å². The maximum absolute atomic E-state index is 2.47. The van der Waals surface area contributed by atoms with Crippen LogP contribution in [-0.2, 0) is 17.1 Å². The SMILES string of the molecule is Cc1cc(C)cc(P(c2cc(C)cc(C)c2)C2CCCC2C(c2ccccc2)N(C)C)c1.Cc1cc(C)cc(P(c2cc(C)cc(C)c2)C2CCCC2C(c2ccccc2)N(C)C)c1.[Fe]. The molecule has 0 radical (unpaired) electrons. The third-order valence-electron chi connectivity index (χ3n) is 13.9. The third kappa shape index (κ3) is 12.6. The fourth-order valence-corrected chi connectivity index (χ4v) is 19.0. The van der Waals surface area contributed by atoms with Crippen molar-refractivity contribution in [1.29, 1.82) is 0 Å². The molecule has 2 aliphatic carbocycles. The third-order valence-corrected chi connectivity index (χ3v) is 19.7. The Labute approximate surface area is 408 Å². The van der Waals surface area contributed by atoms with E-state index in [0.29, 0.717) is 35.2 Å². The molecule has 0 amide bonds. The summed E-state index contributed by atoms with van der Waals surface area (Å²) in [6.07, 6.45) is 7.95. The van der Waals surface area contributed by atoms with Crippen molar-refractivity contribution >= 4 is 37.1 Å². The second-order valence-corrected chi connectivity index (χ2v) is 25.0. The molecular weight excluding hydrogens is 866 g/mol. The molecule has 0 bridgehead atoms. The van der Waals surface area contributed by atoms with Gasteiger partial charge in [-0.05, 0) is 181 Å². The molecule has 344 valence electrons. The molecule has 2 fully saturated rings. The van der Waals surface area contributed by atoms with Gasteiger partial charge in [0.05, 0.1) is 0 Å². The zero-order valence-electron chi connectivity index (χ0n) is 41.6. The monoisotopic (exact) mass is 942 g/mol. The fourth-order valence-electron chi connectivity index (χ4n) is 11.9. The van der Waals surface area contributed by atoms with Crippen LogP contribution in [0.5, 0.6) is 0 Å². The van der Waals surface area contributed by atoms with Crippen LogP contribution >= 0.6 is 15.8 Å². The molecule has 2 aliphatic rings. The van der Waals surface area contributed by atoms with E-state index in [-0.39, 0.29) is 17.1 Å². The Kier molecular flexibility index (Phi) is 18.1. The van der Waals surface area contributed by atoms with Gasteiger partial charge in [0.2, 0.25) is 0 Å². The Morgan fingerprint density at radius 1 is 0.369 bits per heavy atom. The van der Waals surface area contributed by atoms with Gasteiger partial charge in [0, 0.05) is 29.2 Å². The van der Waals surface area contributed by atoms with Crippen molar-refractivity contribution in [2.45, 2.75) is 117 Å². The Balaban J connectivity index is 0.000000212. The van der Waals surface area contributed by atoms with Crippen molar-refractivity contribution in [2.24, 2.45) is 11.8 Å². The Hall–Kier alpha value is -3.38. The van der Waals surface area contributed by atoms with Crippen LogP contribution in [0.15, 0.2) is 133 Å². The molecule has 0 N–H and O–H groups in total. The van der Waals surface area contributed by atoms with Crippen molar-refractivity contribution in [3.63, 3.8) is 0 Å². The van der Waals surface area contributed by atoms with Crippen LogP contribution < -0.4 is 21.2 Å².